The summed E-state index contributed by atoms with van der Waals surface area (Å²) < 4.78 is 28.1. The lowest BCUT2D eigenvalue weighted by atomic mass is 10.5. The zero-order valence-corrected chi connectivity index (χ0v) is 5.26. The van der Waals surface area contributed by atoms with Gasteiger partial charge in [0.2, 0.25) is 6.29 Å². The van der Waals surface area contributed by atoms with Crippen molar-refractivity contribution in [3.63, 3.8) is 0 Å². The fraction of sp³-hybridized carbons (Fsp3) is 0.667. The van der Waals surface area contributed by atoms with Gasteiger partial charge in [-0.1, -0.05) is 0 Å². The molecule has 0 fully saturated rings. The SMILES string of the molecule is NCC([C]=O)S(=O)(=O)O. The number of rotatable bonds is 3. The first-order chi connectivity index (χ1) is 4.02. The summed E-state index contributed by atoms with van der Waals surface area (Å²) in [7, 11) is -4.31. The first-order valence-corrected chi connectivity index (χ1v) is 3.56. The summed E-state index contributed by atoms with van der Waals surface area (Å²) in [5.74, 6) is 0. The molecule has 0 bridgehead atoms. The molecule has 5 nitrogen and oxygen atoms in total. The van der Waals surface area contributed by atoms with Crippen LogP contribution in [0.4, 0.5) is 0 Å². The van der Waals surface area contributed by atoms with E-state index in [1.165, 1.54) is 0 Å². The third kappa shape index (κ3) is 2.54. The molecule has 6 heteroatoms. The van der Waals surface area contributed by atoms with Crippen molar-refractivity contribution < 1.29 is 17.8 Å². The lowest BCUT2D eigenvalue weighted by molar-refractivity contribution is 0.473. The zero-order valence-electron chi connectivity index (χ0n) is 4.44. The molecule has 0 aromatic heterocycles. The highest BCUT2D eigenvalue weighted by Gasteiger charge is 2.20. The molecule has 1 atom stereocenters. The largest absolute Gasteiger partial charge is 0.329 e. The van der Waals surface area contributed by atoms with E-state index in [2.05, 4.69) is 0 Å². The molecule has 0 aliphatic heterocycles. The summed E-state index contributed by atoms with van der Waals surface area (Å²) in [5.41, 5.74) is 4.77. The third-order valence-electron chi connectivity index (χ3n) is 0.705. The summed E-state index contributed by atoms with van der Waals surface area (Å²) in [4.78, 5) is 9.64. The second-order valence-electron chi connectivity index (χ2n) is 1.36. The predicted octanol–water partition coefficient (Wildman–Crippen LogP) is -1.69. The van der Waals surface area contributed by atoms with Crippen molar-refractivity contribution in [3.05, 3.63) is 0 Å². The standard InChI is InChI=1S/C3H6NO4S/c4-1-3(2-5)9(6,7)8/h3H,1,4H2,(H,6,7,8). The third-order valence-corrected chi connectivity index (χ3v) is 1.71. The molecule has 0 heterocycles. The molecule has 0 aliphatic carbocycles. The Labute approximate surface area is 52.6 Å². The van der Waals surface area contributed by atoms with E-state index in [1.807, 2.05) is 0 Å². The highest BCUT2D eigenvalue weighted by Crippen LogP contribution is 1.90. The molecule has 9 heavy (non-hydrogen) atoms. The number of hydrogen-bond donors (Lipinski definition) is 2. The molecule has 0 aromatic rings. The minimum absolute atomic E-state index is 0.442. The van der Waals surface area contributed by atoms with Crippen molar-refractivity contribution in [1.82, 2.24) is 0 Å². The maximum atomic E-state index is 10.0. The molecular weight excluding hydrogens is 146 g/mol. The Kier molecular flexibility index (Phi) is 2.75. The van der Waals surface area contributed by atoms with Crippen LogP contribution in [0.15, 0.2) is 0 Å². The first-order valence-electron chi connectivity index (χ1n) is 2.06. The number of hydrogen-bond acceptors (Lipinski definition) is 4. The van der Waals surface area contributed by atoms with Gasteiger partial charge in [-0.05, 0) is 0 Å². The van der Waals surface area contributed by atoms with Crippen LogP contribution in [0.5, 0.6) is 0 Å². The Bertz CT molecular complexity index is 184. The van der Waals surface area contributed by atoms with E-state index in [0.717, 1.165) is 6.29 Å². The van der Waals surface area contributed by atoms with Gasteiger partial charge in [-0.3, -0.25) is 9.35 Å². The monoisotopic (exact) mass is 152 g/mol. The van der Waals surface area contributed by atoms with Gasteiger partial charge in [0.15, 0.2) is 5.25 Å². The van der Waals surface area contributed by atoms with Gasteiger partial charge in [-0.25, -0.2) is 0 Å². The Morgan fingerprint density at radius 2 is 2.11 bits per heavy atom. The first kappa shape index (κ1) is 8.54. The minimum Gasteiger partial charge on any atom is -0.329 e. The normalized spacial score (nSPS) is 14.9. The summed E-state index contributed by atoms with van der Waals surface area (Å²) in [6.07, 6.45) is 1.08. The number of carbonyl (C=O) groups excluding carboxylic acids is 1. The Morgan fingerprint density at radius 3 is 2.11 bits per heavy atom. The topological polar surface area (TPSA) is 97.5 Å². The molecule has 0 saturated heterocycles. The lowest BCUT2D eigenvalue weighted by Gasteiger charge is -1.98. The highest BCUT2D eigenvalue weighted by molar-refractivity contribution is 7.87. The van der Waals surface area contributed by atoms with Crippen LogP contribution in [-0.2, 0) is 14.9 Å². The molecule has 3 N–H and O–H groups in total. The summed E-state index contributed by atoms with van der Waals surface area (Å²) >= 11 is 0. The van der Waals surface area contributed by atoms with Crippen LogP contribution >= 0.6 is 0 Å². The van der Waals surface area contributed by atoms with Gasteiger partial charge in [0.25, 0.3) is 10.1 Å². The van der Waals surface area contributed by atoms with E-state index >= 15 is 0 Å². The van der Waals surface area contributed by atoms with Crippen molar-refractivity contribution in [3.8, 4) is 0 Å². The van der Waals surface area contributed by atoms with Crippen molar-refractivity contribution in [1.29, 1.82) is 0 Å². The van der Waals surface area contributed by atoms with E-state index in [1.54, 1.807) is 0 Å². The van der Waals surface area contributed by atoms with Crippen LogP contribution in [0.1, 0.15) is 0 Å². The summed E-state index contributed by atoms with van der Waals surface area (Å²) in [5, 5.41) is -1.60. The van der Waals surface area contributed by atoms with Crippen molar-refractivity contribution in [2.75, 3.05) is 6.54 Å². The maximum Gasteiger partial charge on any atom is 0.276 e. The molecule has 0 aromatic carbocycles. The predicted molar refractivity (Wildman–Crippen MR) is 30.1 cm³/mol. The van der Waals surface area contributed by atoms with Crippen LogP contribution < -0.4 is 5.73 Å². The second-order valence-corrected chi connectivity index (χ2v) is 2.96. The van der Waals surface area contributed by atoms with Crippen LogP contribution in [0.2, 0.25) is 0 Å². The van der Waals surface area contributed by atoms with Gasteiger partial charge < -0.3 is 5.73 Å². The second kappa shape index (κ2) is 2.90. The smallest absolute Gasteiger partial charge is 0.276 e. The average Bonchev–Trinajstić information content (AvgIpc) is 1.65. The molecule has 0 aliphatic rings. The average molecular weight is 152 g/mol. The molecule has 0 rings (SSSR count). The Morgan fingerprint density at radius 1 is 1.67 bits per heavy atom. The van der Waals surface area contributed by atoms with Gasteiger partial charge in [0.1, 0.15) is 0 Å². The fourth-order valence-electron chi connectivity index (χ4n) is 0.231. The van der Waals surface area contributed by atoms with E-state index in [-0.39, 0.29) is 0 Å². The molecule has 0 saturated carbocycles. The van der Waals surface area contributed by atoms with E-state index in [9.17, 15) is 13.2 Å². The Hall–Kier alpha value is -0.460. The highest BCUT2D eigenvalue weighted by atomic mass is 32.2. The van der Waals surface area contributed by atoms with Crippen molar-refractivity contribution >= 4 is 16.4 Å². The molecule has 0 amide bonds. The van der Waals surface area contributed by atoms with Crippen LogP contribution in [-0.4, -0.2) is 31.1 Å². The van der Waals surface area contributed by atoms with Gasteiger partial charge in [0, 0.05) is 6.54 Å². The van der Waals surface area contributed by atoms with E-state index in [4.69, 9.17) is 10.3 Å². The van der Waals surface area contributed by atoms with Crippen molar-refractivity contribution in [2.45, 2.75) is 5.25 Å². The van der Waals surface area contributed by atoms with Gasteiger partial charge in [-0.15, -0.1) is 0 Å². The van der Waals surface area contributed by atoms with Crippen LogP contribution in [0.25, 0.3) is 0 Å². The van der Waals surface area contributed by atoms with Gasteiger partial charge in [0.05, 0.1) is 0 Å². The minimum atomic E-state index is -4.31. The molecule has 0 spiro atoms. The van der Waals surface area contributed by atoms with E-state index in [0.29, 0.717) is 0 Å². The molecule has 1 unspecified atom stereocenters. The fourth-order valence-corrected chi connectivity index (χ4v) is 0.595. The quantitative estimate of drug-likeness (QED) is 0.470. The summed E-state index contributed by atoms with van der Waals surface area (Å²) in [6.45, 7) is -0.442. The molecular formula is C3H6NO4S. The lowest BCUT2D eigenvalue weighted by Crippen LogP contribution is -2.30. The van der Waals surface area contributed by atoms with Gasteiger partial charge >= 0.3 is 0 Å². The molecule has 1 radical (unpaired) electrons. The van der Waals surface area contributed by atoms with Crippen LogP contribution in [0, 0.1) is 0 Å². The molecule has 53 valence electrons. The maximum absolute atomic E-state index is 10.0. The summed E-state index contributed by atoms with van der Waals surface area (Å²) in [6, 6.07) is 0. The van der Waals surface area contributed by atoms with Gasteiger partial charge in [-0.2, -0.15) is 8.42 Å². The van der Waals surface area contributed by atoms with Crippen LogP contribution in [0.3, 0.4) is 0 Å². The van der Waals surface area contributed by atoms with Crippen molar-refractivity contribution in [2.24, 2.45) is 5.73 Å². The van der Waals surface area contributed by atoms with E-state index < -0.39 is 21.9 Å². The Balaban J connectivity index is 4.32. The zero-order chi connectivity index (χ0) is 7.49. The number of nitrogens with two attached hydrogens (primary N) is 1.